The molecule has 2 rings (SSSR count). The molecule has 1 N–H and O–H groups in total. The molecule has 1 aliphatic rings. The van der Waals surface area contributed by atoms with Gasteiger partial charge in [0.2, 0.25) is 5.76 Å². The zero-order chi connectivity index (χ0) is 14.0. The smallest absolute Gasteiger partial charge is 0.339 e. The van der Waals surface area contributed by atoms with Crippen LogP contribution in [0.4, 0.5) is 0 Å². The van der Waals surface area contributed by atoms with E-state index >= 15 is 0 Å². The molecule has 6 nitrogen and oxygen atoms in total. The van der Waals surface area contributed by atoms with Gasteiger partial charge in [0.05, 0.1) is 25.0 Å². The van der Waals surface area contributed by atoms with Gasteiger partial charge in [0.15, 0.2) is 0 Å². The Balaban J connectivity index is 2.26. The quantitative estimate of drug-likeness (QED) is 0.900. The highest BCUT2D eigenvalue weighted by Gasteiger charge is 2.33. The number of aromatic carboxylic acids is 1. The van der Waals surface area contributed by atoms with E-state index in [4.69, 9.17) is 14.3 Å². The summed E-state index contributed by atoms with van der Waals surface area (Å²) < 4.78 is 10.6. The maximum absolute atomic E-state index is 12.4. The zero-order valence-corrected chi connectivity index (χ0v) is 11.0. The summed E-state index contributed by atoms with van der Waals surface area (Å²) in [6.07, 6.45) is 1.92. The van der Waals surface area contributed by atoms with Crippen LogP contribution in [0.5, 0.6) is 0 Å². The van der Waals surface area contributed by atoms with E-state index in [0.717, 1.165) is 6.42 Å². The number of rotatable bonds is 3. The van der Waals surface area contributed by atoms with Crippen molar-refractivity contribution in [2.45, 2.75) is 32.4 Å². The van der Waals surface area contributed by atoms with Gasteiger partial charge in [-0.2, -0.15) is 0 Å². The number of amides is 1. The molecule has 1 aromatic heterocycles. The van der Waals surface area contributed by atoms with Crippen molar-refractivity contribution in [2.24, 2.45) is 0 Å². The summed E-state index contributed by atoms with van der Waals surface area (Å²) in [4.78, 5) is 25.1. The second kappa shape index (κ2) is 5.44. The number of carbonyl (C=O) groups excluding carboxylic acids is 1. The lowest BCUT2D eigenvalue weighted by atomic mass is 10.1. The molecule has 2 atom stereocenters. The maximum atomic E-state index is 12.4. The van der Waals surface area contributed by atoms with Gasteiger partial charge in [-0.05, 0) is 19.4 Å². The van der Waals surface area contributed by atoms with E-state index in [1.807, 2.05) is 13.8 Å². The third kappa shape index (κ3) is 2.63. The molecule has 19 heavy (non-hydrogen) atoms. The summed E-state index contributed by atoms with van der Waals surface area (Å²) in [6.45, 7) is 4.75. The second-order valence-corrected chi connectivity index (χ2v) is 4.63. The fraction of sp³-hybridized carbons (Fsp3) is 0.538. The van der Waals surface area contributed by atoms with Crippen LogP contribution in [-0.4, -0.2) is 47.2 Å². The van der Waals surface area contributed by atoms with Crippen molar-refractivity contribution in [3.8, 4) is 0 Å². The minimum Gasteiger partial charge on any atom is -0.478 e. The van der Waals surface area contributed by atoms with Gasteiger partial charge in [-0.1, -0.05) is 6.92 Å². The molecule has 1 fully saturated rings. The first kappa shape index (κ1) is 13.6. The van der Waals surface area contributed by atoms with E-state index < -0.39 is 5.97 Å². The molecule has 0 saturated carbocycles. The molecule has 1 amide bonds. The Morgan fingerprint density at radius 1 is 1.53 bits per heavy atom. The SMILES string of the molecule is CCC1COC(C)CN1C(=O)c1occc1C(=O)O. The minimum atomic E-state index is -1.16. The van der Waals surface area contributed by atoms with Crippen molar-refractivity contribution < 1.29 is 23.8 Å². The van der Waals surface area contributed by atoms with Crippen LogP contribution in [-0.2, 0) is 4.74 Å². The average Bonchev–Trinajstić information content (AvgIpc) is 2.87. The molecule has 0 spiro atoms. The molecule has 2 unspecified atom stereocenters. The van der Waals surface area contributed by atoms with Crippen molar-refractivity contribution in [1.82, 2.24) is 4.90 Å². The Morgan fingerprint density at radius 2 is 2.26 bits per heavy atom. The molecule has 6 heteroatoms. The number of hydrogen-bond acceptors (Lipinski definition) is 4. The van der Waals surface area contributed by atoms with Gasteiger partial charge >= 0.3 is 5.97 Å². The Labute approximate surface area is 110 Å². The van der Waals surface area contributed by atoms with E-state index in [-0.39, 0.29) is 29.4 Å². The van der Waals surface area contributed by atoms with Crippen molar-refractivity contribution in [2.75, 3.05) is 13.2 Å². The highest BCUT2D eigenvalue weighted by molar-refractivity contribution is 6.02. The van der Waals surface area contributed by atoms with Crippen LogP contribution in [0.25, 0.3) is 0 Å². The number of ether oxygens (including phenoxy) is 1. The van der Waals surface area contributed by atoms with Gasteiger partial charge in [0.1, 0.15) is 5.56 Å². The Bertz CT molecular complexity index is 481. The van der Waals surface area contributed by atoms with E-state index in [1.165, 1.54) is 12.3 Å². The highest BCUT2D eigenvalue weighted by atomic mass is 16.5. The Kier molecular flexibility index (Phi) is 3.90. The summed E-state index contributed by atoms with van der Waals surface area (Å²) in [5, 5.41) is 9.02. The molecule has 0 aliphatic carbocycles. The first-order valence-electron chi connectivity index (χ1n) is 6.28. The number of carbonyl (C=O) groups is 2. The van der Waals surface area contributed by atoms with Crippen LogP contribution in [0.1, 0.15) is 41.2 Å². The topological polar surface area (TPSA) is 80.0 Å². The predicted octanol–water partition coefficient (Wildman–Crippen LogP) is 1.62. The van der Waals surface area contributed by atoms with Gasteiger partial charge in [0, 0.05) is 6.54 Å². The fourth-order valence-electron chi connectivity index (χ4n) is 2.20. The van der Waals surface area contributed by atoms with Gasteiger partial charge in [-0.25, -0.2) is 4.79 Å². The number of furan rings is 1. The van der Waals surface area contributed by atoms with Gasteiger partial charge < -0.3 is 19.2 Å². The molecule has 0 radical (unpaired) electrons. The molecule has 1 aromatic rings. The highest BCUT2D eigenvalue weighted by Crippen LogP contribution is 2.20. The van der Waals surface area contributed by atoms with Crippen LogP contribution in [0.2, 0.25) is 0 Å². The largest absolute Gasteiger partial charge is 0.478 e. The molecule has 1 aliphatic heterocycles. The maximum Gasteiger partial charge on any atom is 0.339 e. The molecule has 1 saturated heterocycles. The van der Waals surface area contributed by atoms with E-state index in [2.05, 4.69) is 0 Å². The average molecular weight is 267 g/mol. The Hall–Kier alpha value is -1.82. The summed E-state index contributed by atoms with van der Waals surface area (Å²) >= 11 is 0. The normalized spacial score (nSPS) is 23.4. The standard InChI is InChI=1S/C13H17NO5/c1-3-9-7-19-8(2)6-14(9)12(15)11-10(13(16)17)4-5-18-11/h4-5,8-9H,3,6-7H2,1-2H3,(H,16,17). The van der Waals surface area contributed by atoms with E-state index in [9.17, 15) is 9.59 Å². The van der Waals surface area contributed by atoms with Crippen molar-refractivity contribution in [3.05, 3.63) is 23.7 Å². The number of hydrogen-bond donors (Lipinski definition) is 1. The van der Waals surface area contributed by atoms with E-state index in [0.29, 0.717) is 13.2 Å². The van der Waals surface area contributed by atoms with Crippen LogP contribution < -0.4 is 0 Å². The minimum absolute atomic E-state index is 0.0459. The first-order chi connectivity index (χ1) is 9.04. The molecule has 0 bridgehead atoms. The first-order valence-corrected chi connectivity index (χ1v) is 6.28. The fourth-order valence-corrected chi connectivity index (χ4v) is 2.20. The third-order valence-corrected chi connectivity index (χ3v) is 3.29. The van der Waals surface area contributed by atoms with Gasteiger partial charge in [-0.3, -0.25) is 4.79 Å². The van der Waals surface area contributed by atoms with Crippen LogP contribution in [0.15, 0.2) is 16.7 Å². The van der Waals surface area contributed by atoms with Crippen molar-refractivity contribution >= 4 is 11.9 Å². The van der Waals surface area contributed by atoms with E-state index in [1.54, 1.807) is 4.90 Å². The van der Waals surface area contributed by atoms with Crippen molar-refractivity contribution in [3.63, 3.8) is 0 Å². The lowest BCUT2D eigenvalue weighted by Crippen LogP contribution is -2.51. The summed E-state index contributed by atoms with van der Waals surface area (Å²) in [5.41, 5.74) is -0.0982. The molecule has 2 heterocycles. The predicted molar refractivity (Wildman–Crippen MR) is 66.2 cm³/mol. The summed E-state index contributed by atoms with van der Waals surface area (Å²) in [5.74, 6) is -1.66. The monoisotopic (exact) mass is 267 g/mol. The van der Waals surface area contributed by atoms with Crippen molar-refractivity contribution in [1.29, 1.82) is 0 Å². The van der Waals surface area contributed by atoms with Crippen LogP contribution in [0, 0.1) is 0 Å². The lowest BCUT2D eigenvalue weighted by molar-refractivity contribution is -0.0453. The van der Waals surface area contributed by atoms with Crippen LogP contribution >= 0.6 is 0 Å². The van der Waals surface area contributed by atoms with Crippen LogP contribution in [0.3, 0.4) is 0 Å². The number of morpholine rings is 1. The molecule has 0 aromatic carbocycles. The van der Waals surface area contributed by atoms with Gasteiger partial charge in [0.25, 0.3) is 5.91 Å². The molecule has 104 valence electrons. The third-order valence-electron chi connectivity index (χ3n) is 3.29. The summed E-state index contributed by atoms with van der Waals surface area (Å²) in [6, 6.07) is 1.25. The molecular formula is C13H17NO5. The Morgan fingerprint density at radius 3 is 2.89 bits per heavy atom. The summed E-state index contributed by atoms with van der Waals surface area (Å²) in [7, 11) is 0. The second-order valence-electron chi connectivity index (χ2n) is 4.63. The zero-order valence-electron chi connectivity index (χ0n) is 11.0. The number of nitrogens with zero attached hydrogens (tertiary/aromatic N) is 1. The number of carboxylic acid groups (broad SMARTS) is 1. The number of carboxylic acids is 1. The molecular weight excluding hydrogens is 250 g/mol. The lowest BCUT2D eigenvalue weighted by Gasteiger charge is -2.37. The van der Waals surface area contributed by atoms with Gasteiger partial charge in [-0.15, -0.1) is 0 Å².